The van der Waals surface area contributed by atoms with Crippen LogP contribution in [0.15, 0.2) is 18.2 Å². The number of benzene rings is 1. The first-order chi connectivity index (χ1) is 8.31. The molecule has 0 saturated heterocycles. The molecule has 1 aliphatic rings. The summed E-state index contributed by atoms with van der Waals surface area (Å²) >= 11 is 0. The second kappa shape index (κ2) is 4.16. The molecule has 2 rings (SSSR count). The molecule has 0 radical (unpaired) electrons. The highest BCUT2D eigenvalue weighted by atomic mass is 19.4. The maximum Gasteiger partial charge on any atom is 0.416 e. The molecular weight excluding hydrogens is 243 g/mol. The van der Waals surface area contributed by atoms with E-state index in [4.69, 9.17) is 10.5 Å². The molecule has 5 heteroatoms. The Balaban J connectivity index is 2.51. The molecule has 100 valence electrons. The van der Waals surface area contributed by atoms with Crippen LogP contribution in [0.1, 0.15) is 30.9 Å². The van der Waals surface area contributed by atoms with Gasteiger partial charge in [-0.25, -0.2) is 0 Å². The fourth-order valence-electron chi connectivity index (χ4n) is 2.38. The first kappa shape index (κ1) is 13.2. The molecule has 0 aromatic heterocycles. The minimum Gasteiger partial charge on any atom is -0.496 e. The Morgan fingerprint density at radius 1 is 1.33 bits per heavy atom. The second-order valence-electron chi connectivity index (χ2n) is 4.86. The van der Waals surface area contributed by atoms with Crippen molar-refractivity contribution in [1.82, 2.24) is 0 Å². The highest BCUT2D eigenvalue weighted by Crippen LogP contribution is 2.54. The van der Waals surface area contributed by atoms with Gasteiger partial charge < -0.3 is 10.5 Å². The predicted molar refractivity (Wildman–Crippen MR) is 62.6 cm³/mol. The molecule has 0 heterocycles. The lowest BCUT2D eigenvalue weighted by Crippen LogP contribution is -2.32. The van der Waals surface area contributed by atoms with Gasteiger partial charge in [0.25, 0.3) is 0 Å². The predicted octanol–water partition coefficient (Wildman–Crippen LogP) is 3.09. The normalized spacial score (nSPS) is 19.4. The highest BCUT2D eigenvalue weighted by Gasteiger charge is 2.49. The molecule has 1 fully saturated rings. The van der Waals surface area contributed by atoms with Crippen molar-refractivity contribution in [2.45, 2.75) is 37.4 Å². The van der Waals surface area contributed by atoms with Crippen molar-refractivity contribution in [3.8, 4) is 5.75 Å². The van der Waals surface area contributed by atoms with Gasteiger partial charge in [0.1, 0.15) is 5.75 Å². The maximum absolute atomic E-state index is 12.7. The summed E-state index contributed by atoms with van der Waals surface area (Å²) in [7, 11) is 1.46. The lowest BCUT2D eigenvalue weighted by Gasteiger charge is -2.23. The van der Waals surface area contributed by atoms with E-state index < -0.39 is 11.7 Å². The SMILES string of the molecule is COc1ccc(C(F)(F)F)cc1C1(C(C)N)CC1. The third kappa shape index (κ3) is 2.07. The molecule has 2 nitrogen and oxygen atoms in total. The van der Waals surface area contributed by atoms with Crippen LogP contribution in [0.3, 0.4) is 0 Å². The van der Waals surface area contributed by atoms with Crippen molar-refractivity contribution < 1.29 is 17.9 Å². The number of alkyl halides is 3. The lowest BCUT2D eigenvalue weighted by molar-refractivity contribution is -0.137. The first-order valence-electron chi connectivity index (χ1n) is 5.82. The van der Waals surface area contributed by atoms with E-state index in [0.29, 0.717) is 11.3 Å². The largest absolute Gasteiger partial charge is 0.496 e. The molecule has 0 spiro atoms. The molecule has 18 heavy (non-hydrogen) atoms. The molecule has 1 saturated carbocycles. The van der Waals surface area contributed by atoms with Gasteiger partial charge in [-0.05, 0) is 38.0 Å². The second-order valence-corrected chi connectivity index (χ2v) is 4.86. The van der Waals surface area contributed by atoms with Crippen LogP contribution in [0.25, 0.3) is 0 Å². The number of hydrogen-bond acceptors (Lipinski definition) is 2. The zero-order valence-corrected chi connectivity index (χ0v) is 10.3. The Bertz CT molecular complexity index is 450. The monoisotopic (exact) mass is 259 g/mol. The van der Waals surface area contributed by atoms with Gasteiger partial charge >= 0.3 is 6.18 Å². The standard InChI is InChI=1S/C13H16F3NO/c1-8(17)12(5-6-12)10-7-9(13(14,15)16)3-4-11(10)18-2/h3-4,7-8H,5-6,17H2,1-2H3. The summed E-state index contributed by atoms with van der Waals surface area (Å²) in [4.78, 5) is 0. The van der Waals surface area contributed by atoms with Crippen LogP contribution in [0.2, 0.25) is 0 Å². The molecule has 1 aromatic carbocycles. The van der Waals surface area contributed by atoms with E-state index in [1.807, 2.05) is 6.92 Å². The van der Waals surface area contributed by atoms with E-state index in [1.165, 1.54) is 19.2 Å². The van der Waals surface area contributed by atoms with Gasteiger partial charge in [-0.15, -0.1) is 0 Å². The summed E-state index contributed by atoms with van der Waals surface area (Å²) in [6.07, 6.45) is -2.72. The molecular formula is C13H16F3NO. The van der Waals surface area contributed by atoms with Crippen molar-refractivity contribution in [1.29, 1.82) is 0 Å². The van der Waals surface area contributed by atoms with Crippen molar-refractivity contribution in [2.75, 3.05) is 7.11 Å². The zero-order chi connectivity index (χ0) is 13.6. The van der Waals surface area contributed by atoms with Gasteiger partial charge in [-0.3, -0.25) is 0 Å². The van der Waals surface area contributed by atoms with Gasteiger partial charge in [0.15, 0.2) is 0 Å². The zero-order valence-electron chi connectivity index (χ0n) is 10.3. The smallest absolute Gasteiger partial charge is 0.416 e. The summed E-state index contributed by atoms with van der Waals surface area (Å²) in [6, 6.07) is 3.41. The third-order valence-corrected chi connectivity index (χ3v) is 3.72. The summed E-state index contributed by atoms with van der Waals surface area (Å²) in [5.41, 5.74) is 5.49. The van der Waals surface area contributed by atoms with Crippen LogP contribution in [-0.2, 0) is 11.6 Å². The summed E-state index contributed by atoms with van der Waals surface area (Å²) in [6.45, 7) is 1.83. The number of ether oxygens (including phenoxy) is 1. The van der Waals surface area contributed by atoms with Crippen molar-refractivity contribution >= 4 is 0 Å². The lowest BCUT2D eigenvalue weighted by atomic mass is 9.87. The number of methoxy groups -OCH3 is 1. The van der Waals surface area contributed by atoms with E-state index in [0.717, 1.165) is 18.9 Å². The Morgan fingerprint density at radius 3 is 2.33 bits per heavy atom. The Morgan fingerprint density at radius 2 is 1.94 bits per heavy atom. The fraction of sp³-hybridized carbons (Fsp3) is 0.538. The Hall–Kier alpha value is -1.23. The molecule has 0 aliphatic heterocycles. The number of nitrogens with two attached hydrogens (primary N) is 1. The average Bonchev–Trinajstić information content (AvgIpc) is 3.08. The summed E-state index contributed by atoms with van der Waals surface area (Å²) in [5, 5.41) is 0. The number of hydrogen-bond donors (Lipinski definition) is 1. The van der Waals surface area contributed by atoms with E-state index in [2.05, 4.69) is 0 Å². The minimum atomic E-state index is -4.34. The Labute approximate surface area is 104 Å². The van der Waals surface area contributed by atoms with E-state index in [1.54, 1.807) is 0 Å². The van der Waals surface area contributed by atoms with Crippen molar-refractivity contribution in [3.63, 3.8) is 0 Å². The number of rotatable bonds is 3. The fourth-order valence-corrected chi connectivity index (χ4v) is 2.38. The van der Waals surface area contributed by atoms with Crippen LogP contribution in [0.5, 0.6) is 5.75 Å². The molecule has 1 unspecified atom stereocenters. The van der Waals surface area contributed by atoms with Crippen molar-refractivity contribution in [3.05, 3.63) is 29.3 Å². The van der Waals surface area contributed by atoms with Crippen LogP contribution in [0, 0.1) is 0 Å². The van der Waals surface area contributed by atoms with E-state index in [9.17, 15) is 13.2 Å². The maximum atomic E-state index is 12.7. The van der Waals surface area contributed by atoms with Crippen LogP contribution >= 0.6 is 0 Å². The average molecular weight is 259 g/mol. The topological polar surface area (TPSA) is 35.2 Å². The van der Waals surface area contributed by atoms with Gasteiger partial charge in [0.05, 0.1) is 12.7 Å². The third-order valence-electron chi connectivity index (χ3n) is 3.72. The highest BCUT2D eigenvalue weighted by molar-refractivity contribution is 5.47. The van der Waals surface area contributed by atoms with E-state index >= 15 is 0 Å². The van der Waals surface area contributed by atoms with Gasteiger partial charge in [-0.1, -0.05) is 0 Å². The van der Waals surface area contributed by atoms with Crippen LogP contribution in [-0.4, -0.2) is 13.2 Å². The minimum absolute atomic E-state index is 0.185. The van der Waals surface area contributed by atoms with Gasteiger partial charge in [-0.2, -0.15) is 13.2 Å². The number of halogens is 3. The van der Waals surface area contributed by atoms with Crippen LogP contribution in [0.4, 0.5) is 13.2 Å². The first-order valence-corrected chi connectivity index (χ1v) is 5.82. The van der Waals surface area contributed by atoms with Gasteiger partial charge in [0.2, 0.25) is 0 Å². The Kier molecular flexibility index (Phi) is 3.05. The molecule has 0 bridgehead atoms. The quantitative estimate of drug-likeness (QED) is 0.905. The van der Waals surface area contributed by atoms with Crippen molar-refractivity contribution in [2.24, 2.45) is 5.73 Å². The summed E-state index contributed by atoms with van der Waals surface area (Å²) < 4.78 is 43.4. The molecule has 2 N–H and O–H groups in total. The molecule has 1 atom stereocenters. The van der Waals surface area contributed by atoms with E-state index in [-0.39, 0.29) is 11.5 Å². The van der Waals surface area contributed by atoms with Crippen LogP contribution < -0.4 is 10.5 Å². The molecule has 1 aliphatic carbocycles. The molecule has 1 aromatic rings. The summed E-state index contributed by atoms with van der Waals surface area (Å²) in [5.74, 6) is 0.484. The van der Waals surface area contributed by atoms with Gasteiger partial charge in [0, 0.05) is 17.0 Å². The molecule has 0 amide bonds.